The van der Waals surface area contributed by atoms with E-state index in [0.29, 0.717) is 0 Å². The summed E-state index contributed by atoms with van der Waals surface area (Å²) in [6.07, 6.45) is 7.30. The number of rotatable bonds is 4. The largest absolute Gasteiger partial charge is 0.313 e. The smallest absolute Gasteiger partial charge is 0.191 e. The van der Waals surface area contributed by atoms with Gasteiger partial charge in [-0.25, -0.2) is 4.98 Å². The number of aromatic nitrogens is 3. The third kappa shape index (κ3) is 2.91. The molecule has 0 saturated heterocycles. The first-order chi connectivity index (χ1) is 11.4. The van der Waals surface area contributed by atoms with Crippen LogP contribution in [0.3, 0.4) is 0 Å². The lowest BCUT2D eigenvalue weighted by atomic mass is 10.2. The molecule has 0 N–H and O–H groups in total. The molecule has 0 bridgehead atoms. The molecular weight excluding hydrogens is 304 g/mol. The molecule has 0 saturated carbocycles. The van der Waals surface area contributed by atoms with Gasteiger partial charge in [0.1, 0.15) is 5.52 Å². The van der Waals surface area contributed by atoms with E-state index in [1.807, 2.05) is 42.7 Å². The lowest BCUT2D eigenvalue weighted by Crippen LogP contribution is -2.16. The Morgan fingerprint density at radius 1 is 0.870 bits per heavy atom. The number of thiazole rings is 1. The van der Waals surface area contributed by atoms with Crippen molar-refractivity contribution in [3.63, 3.8) is 0 Å². The minimum atomic E-state index is 0.727. The Morgan fingerprint density at radius 2 is 1.74 bits per heavy atom. The van der Waals surface area contributed by atoms with Gasteiger partial charge in [-0.15, -0.1) is 0 Å². The van der Waals surface area contributed by atoms with Crippen LogP contribution in [0, 0.1) is 0 Å². The van der Waals surface area contributed by atoms with E-state index >= 15 is 0 Å². The van der Waals surface area contributed by atoms with Gasteiger partial charge in [-0.05, 0) is 29.8 Å². The molecule has 0 spiro atoms. The van der Waals surface area contributed by atoms with Gasteiger partial charge < -0.3 is 4.90 Å². The molecule has 3 heterocycles. The van der Waals surface area contributed by atoms with Crippen LogP contribution in [0.4, 0.5) is 10.8 Å². The molecule has 3 aromatic heterocycles. The first kappa shape index (κ1) is 13.8. The molecule has 0 fully saturated rings. The van der Waals surface area contributed by atoms with E-state index in [2.05, 4.69) is 33.1 Å². The Balaban J connectivity index is 1.78. The second-order valence-electron chi connectivity index (χ2n) is 5.12. The highest BCUT2D eigenvalue weighted by Gasteiger charge is 2.15. The summed E-state index contributed by atoms with van der Waals surface area (Å²) in [4.78, 5) is 15.3. The number of pyridine rings is 2. The van der Waals surface area contributed by atoms with Crippen molar-refractivity contribution < 1.29 is 0 Å². The molecule has 0 radical (unpaired) electrons. The Hall–Kier alpha value is -2.79. The van der Waals surface area contributed by atoms with Crippen LogP contribution >= 0.6 is 11.3 Å². The van der Waals surface area contributed by atoms with Gasteiger partial charge in [0, 0.05) is 24.3 Å². The van der Waals surface area contributed by atoms with Gasteiger partial charge in [-0.3, -0.25) is 9.97 Å². The molecule has 0 unspecified atom stereocenters. The molecule has 4 rings (SSSR count). The van der Waals surface area contributed by atoms with Crippen LogP contribution in [0.1, 0.15) is 5.56 Å². The molecule has 0 aliphatic carbocycles. The third-order valence-corrected chi connectivity index (χ3v) is 4.60. The van der Waals surface area contributed by atoms with Gasteiger partial charge in [0.25, 0.3) is 0 Å². The van der Waals surface area contributed by atoms with E-state index in [-0.39, 0.29) is 0 Å². The summed E-state index contributed by atoms with van der Waals surface area (Å²) in [7, 11) is 0. The summed E-state index contributed by atoms with van der Waals surface area (Å²) < 4.78 is 1.14. The normalized spacial score (nSPS) is 10.8. The monoisotopic (exact) mass is 318 g/mol. The summed E-state index contributed by atoms with van der Waals surface area (Å²) in [5.74, 6) is 0. The number of para-hydroxylation sites is 1. The highest BCUT2D eigenvalue weighted by atomic mass is 32.1. The number of fused-ring (bicyclic) bond motifs is 1. The molecule has 112 valence electrons. The summed E-state index contributed by atoms with van der Waals surface area (Å²) >= 11 is 1.67. The predicted molar refractivity (Wildman–Crippen MR) is 93.9 cm³/mol. The molecule has 1 aromatic carbocycles. The van der Waals surface area contributed by atoms with Crippen LogP contribution in [0.5, 0.6) is 0 Å². The van der Waals surface area contributed by atoms with Crippen molar-refractivity contribution in [3.8, 4) is 0 Å². The van der Waals surface area contributed by atoms with Crippen LogP contribution in [0.15, 0.2) is 73.3 Å². The highest BCUT2D eigenvalue weighted by Crippen LogP contribution is 2.33. The molecular formula is C18H14N4S. The van der Waals surface area contributed by atoms with E-state index in [4.69, 9.17) is 4.98 Å². The maximum atomic E-state index is 4.75. The Bertz CT molecular complexity index is 873. The fraction of sp³-hybridized carbons (Fsp3) is 0.0556. The van der Waals surface area contributed by atoms with E-state index in [9.17, 15) is 0 Å². The minimum absolute atomic E-state index is 0.727. The van der Waals surface area contributed by atoms with Crippen LogP contribution in [0.25, 0.3) is 10.2 Å². The quantitative estimate of drug-likeness (QED) is 0.558. The Kier molecular flexibility index (Phi) is 3.70. The second-order valence-corrected chi connectivity index (χ2v) is 6.13. The zero-order valence-electron chi connectivity index (χ0n) is 12.3. The molecule has 4 aromatic rings. The zero-order valence-corrected chi connectivity index (χ0v) is 13.1. The maximum Gasteiger partial charge on any atom is 0.191 e. The number of benzene rings is 1. The van der Waals surface area contributed by atoms with Crippen molar-refractivity contribution in [2.75, 3.05) is 4.90 Å². The van der Waals surface area contributed by atoms with E-state index in [1.165, 1.54) is 0 Å². The molecule has 0 atom stereocenters. The van der Waals surface area contributed by atoms with Crippen molar-refractivity contribution in [2.45, 2.75) is 6.54 Å². The van der Waals surface area contributed by atoms with E-state index < -0.39 is 0 Å². The molecule has 5 heteroatoms. The first-order valence-corrected chi connectivity index (χ1v) is 8.14. The minimum Gasteiger partial charge on any atom is -0.313 e. The topological polar surface area (TPSA) is 41.9 Å². The summed E-state index contributed by atoms with van der Waals surface area (Å²) in [6.45, 7) is 0.727. The van der Waals surface area contributed by atoms with Gasteiger partial charge in [0.05, 0.1) is 17.4 Å². The lowest BCUT2D eigenvalue weighted by molar-refractivity contribution is 0.958. The maximum absolute atomic E-state index is 4.75. The molecule has 23 heavy (non-hydrogen) atoms. The molecule has 0 aliphatic rings. The van der Waals surface area contributed by atoms with Gasteiger partial charge in [-0.1, -0.05) is 35.6 Å². The van der Waals surface area contributed by atoms with Gasteiger partial charge in [0.15, 0.2) is 5.13 Å². The first-order valence-electron chi connectivity index (χ1n) is 7.32. The highest BCUT2D eigenvalue weighted by molar-refractivity contribution is 7.22. The number of hydrogen-bond acceptors (Lipinski definition) is 5. The van der Waals surface area contributed by atoms with Crippen LogP contribution in [-0.2, 0) is 6.54 Å². The fourth-order valence-corrected chi connectivity index (χ4v) is 3.39. The molecule has 0 aliphatic heterocycles. The number of nitrogens with zero attached hydrogens (tertiary/aromatic N) is 4. The average molecular weight is 318 g/mol. The SMILES string of the molecule is c1ccc(N(Cc2cccnc2)c2nc3cnccc3s2)cc1. The van der Waals surface area contributed by atoms with Gasteiger partial charge in [-0.2, -0.15) is 0 Å². The van der Waals surface area contributed by atoms with Gasteiger partial charge >= 0.3 is 0 Å². The summed E-state index contributed by atoms with van der Waals surface area (Å²) in [6, 6.07) is 16.3. The Labute approximate surface area is 138 Å². The van der Waals surface area contributed by atoms with Crippen LogP contribution in [0.2, 0.25) is 0 Å². The average Bonchev–Trinajstić information content (AvgIpc) is 3.05. The third-order valence-electron chi connectivity index (χ3n) is 3.54. The predicted octanol–water partition coefficient (Wildman–Crippen LogP) is 4.42. The second kappa shape index (κ2) is 6.14. The van der Waals surface area contributed by atoms with Crippen molar-refractivity contribution in [2.24, 2.45) is 0 Å². The Morgan fingerprint density at radius 3 is 2.52 bits per heavy atom. The van der Waals surface area contributed by atoms with Crippen LogP contribution in [-0.4, -0.2) is 15.0 Å². The van der Waals surface area contributed by atoms with Crippen LogP contribution < -0.4 is 4.90 Å². The number of hydrogen-bond donors (Lipinski definition) is 0. The van der Waals surface area contributed by atoms with E-state index in [0.717, 1.165) is 33.1 Å². The van der Waals surface area contributed by atoms with Crippen molar-refractivity contribution in [1.29, 1.82) is 0 Å². The summed E-state index contributed by atoms with van der Waals surface area (Å²) in [5.41, 5.74) is 3.19. The molecule has 0 amide bonds. The van der Waals surface area contributed by atoms with E-state index in [1.54, 1.807) is 23.7 Å². The lowest BCUT2D eigenvalue weighted by Gasteiger charge is -2.21. The van der Waals surface area contributed by atoms with Gasteiger partial charge in [0.2, 0.25) is 0 Å². The fourth-order valence-electron chi connectivity index (χ4n) is 2.43. The number of anilines is 2. The zero-order chi connectivity index (χ0) is 15.5. The summed E-state index contributed by atoms with van der Waals surface area (Å²) in [5, 5.41) is 0.961. The van der Waals surface area contributed by atoms with Crippen molar-refractivity contribution in [1.82, 2.24) is 15.0 Å². The van der Waals surface area contributed by atoms with Crippen molar-refractivity contribution >= 4 is 32.4 Å². The standard InChI is InChI=1S/C18H14N4S/c1-2-6-15(7-3-1)22(13-14-5-4-9-19-11-14)18-21-16-12-20-10-8-17(16)23-18/h1-12H,13H2. The molecule has 4 nitrogen and oxygen atoms in total. The van der Waals surface area contributed by atoms with Crippen molar-refractivity contribution in [3.05, 3.63) is 78.9 Å².